The molecule has 0 aliphatic carbocycles. The Balaban J connectivity index is 2.55. The number of carbonyl (C=O) groups is 1. The highest BCUT2D eigenvalue weighted by molar-refractivity contribution is 6.33. The van der Waals surface area contributed by atoms with E-state index in [0.717, 1.165) is 0 Å². The first-order valence-electron chi connectivity index (χ1n) is 4.79. The zero-order valence-electron chi connectivity index (χ0n) is 9.11. The zero-order chi connectivity index (χ0) is 12.8. The molecule has 1 N–H and O–H groups in total. The van der Waals surface area contributed by atoms with Crippen LogP contribution in [0.1, 0.15) is 13.8 Å². The predicted octanol–water partition coefficient (Wildman–Crippen LogP) is 2.36. The van der Waals surface area contributed by atoms with Crippen LogP contribution in [-0.4, -0.2) is 16.4 Å². The van der Waals surface area contributed by atoms with Gasteiger partial charge in [0.15, 0.2) is 11.4 Å². The molecule has 1 aromatic rings. The molecule has 7 heteroatoms. The molecule has 0 spiro atoms. The summed E-state index contributed by atoms with van der Waals surface area (Å²) in [5, 5.41) is 13.3. The van der Waals surface area contributed by atoms with Crippen LogP contribution in [0.2, 0.25) is 5.02 Å². The summed E-state index contributed by atoms with van der Waals surface area (Å²) in [5.74, 6) is -0.122. The van der Waals surface area contributed by atoms with Gasteiger partial charge >= 0.3 is 0 Å². The van der Waals surface area contributed by atoms with Crippen molar-refractivity contribution >= 4 is 28.9 Å². The average molecular weight is 257 g/mol. The van der Waals surface area contributed by atoms with Crippen molar-refractivity contribution in [1.82, 2.24) is 0 Å². The number of nitrogens with one attached hydrogen (secondary N) is 1. The third kappa shape index (κ3) is 1.91. The first kappa shape index (κ1) is 11.7. The fourth-order valence-corrected chi connectivity index (χ4v) is 1.71. The lowest BCUT2D eigenvalue weighted by atomic mass is 10.1. The molecule has 0 bridgehead atoms. The molecule has 1 aromatic carbocycles. The molecule has 0 saturated heterocycles. The van der Waals surface area contributed by atoms with Gasteiger partial charge in [-0.3, -0.25) is 14.9 Å². The molecule has 0 unspecified atom stereocenters. The summed E-state index contributed by atoms with van der Waals surface area (Å²) in [6, 6.07) is 2.41. The molecule has 90 valence electrons. The number of carbonyl (C=O) groups excluding carboxylic acids is 1. The van der Waals surface area contributed by atoms with Crippen molar-refractivity contribution in [2.75, 3.05) is 5.32 Å². The lowest BCUT2D eigenvalue weighted by Gasteiger charge is -2.31. The van der Waals surface area contributed by atoms with Gasteiger partial charge in [-0.25, -0.2) is 0 Å². The van der Waals surface area contributed by atoms with E-state index in [1.807, 2.05) is 0 Å². The minimum absolute atomic E-state index is 0.0993. The molecule has 0 aromatic heterocycles. The van der Waals surface area contributed by atoms with Crippen LogP contribution in [0.5, 0.6) is 5.75 Å². The lowest BCUT2D eigenvalue weighted by Crippen LogP contribution is -2.45. The monoisotopic (exact) mass is 256 g/mol. The zero-order valence-corrected chi connectivity index (χ0v) is 9.87. The standard InChI is InChI=1S/C10H9ClN2O4/c1-10(2)9(14)12-7-4-5(13(15)16)3-6(11)8(7)17-10/h3-4H,1-2H3,(H,12,14). The number of nitrogens with zero attached hydrogens (tertiary/aromatic N) is 1. The molecule has 17 heavy (non-hydrogen) atoms. The molecule has 1 amide bonds. The highest BCUT2D eigenvalue weighted by Crippen LogP contribution is 2.42. The number of nitro benzene ring substituents is 1. The fourth-order valence-electron chi connectivity index (χ4n) is 1.46. The maximum absolute atomic E-state index is 11.6. The number of hydrogen-bond donors (Lipinski definition) is 1. The van der Waals surface area contributed by atoms with Crippen molar-refractivity contribution in [3.05, 3.63) is 27.3 Å². The van der Waals surface area contributed by atoms with E-state index in [1.54, 1.807) is 13.8 Å². The van der Waals surface area contributed by atoms with Crippen LogP contribution in [0.4, 0.5) is 11.4 Å². The highest BCUT2D eigenvalue weighted by Gasteiger charge is 2.37. The number of ether oxygens (including phenoxy) is 1. The Morgan fingerprint density at radius 2 is 2.12 bits per heavy atom. The molecular formula is C10H9ClN2O4. The van der Waals surface area contributed by atoms with E-state index in [4.69, 9.17) is 16.3 Å². The Hall–Kier alpha value is -1.82. The first-order valence-corrected chi connectivity index (χ1v) is 5.17. The van der Waals surface area contributed by atoms with Gasteiger partial charge in [0, 0.05) is 12.1 Å². The van der Waals surface area contributed by atoms with E-state index in [1.165, 1.54) is 12.1 Å². The summed E-state index contributed by atoms with van der Waals surface area (Å²) in [4.78, 5) is 21.7. The number of rotatable bonds is 1. The van der Waals surface area contributed by atoms with Gasteiger partial charge in [0.25, 0.3) is 11.6 Å². The van der Waals surface area contributed by atoms with Gasteiger partial charge in [0.2, 0.25) is 0 Å². The smallest absolute Gasteiger partial charge is 0.273 e. The molecule has 0 saturated carbocycles. The topological polar surface area (TPSA) is 81.5 Å². The summed E-state index contributed by atoms with van der Waals surface area (Å²) < 4.78 is 5.43. The van der Waals surface area contributed by atoms with Crippen LogP contribution in [0, 0.1) is 10.1 Å². The SMILES string of the molecule is CC1(C)Oc2c(Cl)cc([N+](=O)[O-])cc2NC1=O. The van der Waals surface area contributed by atoms with Crippen LogP contribution in [0.25, 0.3) is 0 Å². The number of fused-ring (bicyclic) bond motifs is 1. The van der Waals surface area contributed by atoms with Crippen molar-refractivity contribution in [2.45, 2.75) is 19.4 Å². The quantitative estimate of drug-likeness (QED) is 0.618. The molecule has 1 heterocycles. The van der Waals surface area contributed by atoms with E-state index >= 15 is 0 Å². The number of halogens is 1. The maximum Gasteiger partial charge on any atom is 0.273 e. The number of amides is 1. The number of hydrogen-bond acceptors (Lipinski definition) is 4. The van der Waals surface area contributed by atoms with E-state index in [2.05, 4.69) is 5.32 Å². The van der Waals surface area contributed by atoms with Gasteiger partial charge in [0.1, 0.15) is 0 Å². The Kier molecular flexibility index (Phi) is 2.46. The molecule has 0 fully saturated rings. The van der Waals surface area contributed by atoms with Crippen LogP contribution in [0.15, 0.2) is 12.1 Å². The highest BCUT2D eigenvalue weighted by atomic mass is 35.5. The minimum atomic E-state index is -1.05. The van der Waals surface area contributed by atoms with Crippen LogP contribution >= 0.6 is 11.6 Å². The van der Waals surface area contributed by atoms with Gasteiger partial charge in [-0.2, -0.15) is 0 Å². The Labute approximate surface area is 102 Å². The summed E-state index contributed by atoms with van der Waals surface area (Å²) in [7, 11) is 0. The number of anilines is 1. The Morgan fingerprint density at radius 1 is 1.47 bits per heavy atom. The first-order chi connectivity index (χ1) is 7.81. The van der Waals surface area contributed by atoms with Gasteiger partial charge < -0.3 is 10.1 Å². The van der Waals surface area contributed by atoms with Gasteiger partial charge in [-0.15, -0.1) is 0 Å². The second-order valence-corrected chi connectivity index (χ2v) is 4.54. The predicted molar refractivity (Wildman–Crippen MR) is 61.4 cm³/mol. The average Bonchev–Trinajstić information content (AvgIpc) is 2.20. The van der Waals surface area contributed by atoms with Gasteiger partial charge in [-0.1, -0.05) is 11.6 Å². The summed E-state index contributed by atoms with van der Waals surface area (Å²) in [6.07, 6.45) is 0. The number of nitro groups is 1. The Morgan fingerprint density at radius 3 is 2.71 bits per heavy atom. The second-order valence-electron chi connectivity index (χ2n) is 4.13. The normalized spacial score (nSPS) is 16.8. The molecule has 1 aliphatic rings. The summed E-state index contributed by atoms with van der Waals surface area (Å²) >= 11 is 5.89. The Bertz CT molecular complexity index is 527. The van der Waals surface area contributed by atoms with Crippen molar-refractivity contribution < 1.29 is 14.5 Å². The molecule has 0 radical (unpaired) electrons. The summed E-state index contributed by atoms with van der Waals surface area (Å²) in [6.45, 7) is 3.17. The summed E-state index contributed by atoms with van der Waals surface area (Å²) in [5.41, 5.74) is -1.03. The third-order valence-electron chi connectivity index (χ3n) is 2.39. The second kappa shape index (κ2) is 3.59. The van der Waals surface area contributed by atoms with E-state index in [-0.39, 0.29) is 28.1 Å². The van der Waals surface area contributed by atoms with Crippen LogP contribution < -0.4 is 10.1 Å². The molecule has 1 aliphatic heterocycles. The fraction of sp³-hybridized carbons (Fsp3) is 0.300. The number of benzene rings is 1. The van der Waals surface area contributed by atoms with E-state index in [9.17, 15) is 14.9 Å². The lowest BCUT2D eigenvalue weighted by molar-refractivity contribution is -0.384. The minimum Gasteiger partial charge on any atom is -0.474 e. The van der Waals surface area contributed by atoms with Gasteiger partial charge in [-0.05, 0) is 13.8 Å². The van der Waals surface area contributed by atoms with Crippen LogP contribution in [-0.2, 0) is 4.79 Å². The largest absolute Gasteiger partial charge is 0.474 e. The number of non-ortho nitro benzene ring substituents is 1. The van der Waals surface area contributed by atoms with Crippen molar-refractivity contribution in [2.24, 2.45) is 0 Å². The molecule has 2 rings (SSSR count). The van der Waals surface area contributed by atoms with Crippen molar-refractivity contribution in [3.8, 4) is 5.75 Å². The maximum atomic E-state index is 11.6. The van der Waals surface area contributed by atoms with Crippen molar-refractivity contribution in [1.29, 1.82) is 0 Å². The van der Waals surface area contributed by atoms with Crippen LogP contribution in [0.3, 0.4) is 0 Å². The van der Waals surface area contributed by atoms with E-state index < -0.39 is 10.5 Å². The van der Waals surface area contributed by atoms with E-state index in [0.29, 0.717) is 0 Å². The molecule has 6 nitrogen and oxygen atoms in total. The molecule has 0 atom stereocenters. The van der Waals surface area contributed by atoms with Gasteiger partial charge in [0.05, 0.1) is 15.6 Å². The molecular weight excluding hydrogens is 248 g/mol. The third-order valence-corrected chi connectivity index (χ3v) is 2.67. The van der Waals surface area contributed by atoms with Crippen molar-refractivity contribution in [3.63, 3.8) is 0 Å².